The average Bonchev–Trinajstić information content (AvgIpc) is 2.82. The van der Waals surface area contributed by atoms with E-state index in [-0.39, 0.29) is 5.91 Å². The molecule has 2 aromatic rings. The van der Waals surface area contributed by atoms with Gasteiger partial charge in [-0.1, -0.05) is 24.3 Å². The van der Waals surface area contributed by atoms with Crippen molar-refractivity contribution < 1.29 is 4.79 Å². The van der Waals surface area contributed by atoms with Crippen molar-refractivity contribution in [2.45, 2.75) is 6.42 Å². The molecule has 1 aliphatic heterocycles. The highest BCUT2D eigenvalue weighted by Gasteiger charge is 2.24. The Morgan fingerprint density at radius 1 is 1.11 bits per heavy atom. The predicted octanol–water partition coefficient (Wildman–Crippen LogP) is 2.47. The molecule has 2 N–H and O–H groups in total. The van der Waals surface area contributed by atoms with Gasteiger partial charge in [0, 0.05) is 23.5 Å². The molecular formula is C15H14N2O. The van der Waals surface area contributed by atoms with Crippen LogP contribution in [0, 0.1) is 0 Å². The first kappa shape index (κ1) is 10.8. The largest absolute Gasteiger partial charge is 0.399 e. The van der Waals surface area contributed by atoms with Crippen molar-refractivity contribution in [3.63, 3.8) is 0 Å². The van der Waals surface area contributed by atoms with E-state index in [1.807, 2.05) is 29.2 Å². The van der Waals surface area contributed by atoms with Crippen molar-refractivity contribution in [2.24, 2.45) is 0 Å². The minimum atomic E-state index is 0.0206. The van der Waals surface area contributed by atoms with Crippen molar-refractivity contribution in [2.75, 3.05) is 17.2 Å². The van der Waals surface area contributed by atoms with Crippen LogP contribution in [-0.2, 0) is 6.42 Å². The van der Waals surface area contributed by atoms with Gasteiger partial charge in [-0.25, -0.2) is 0 Å². The molecule has 0 fully saturated rings. The standard InChI is InChI=1S/C15H14N2O/c16-13-6-3-5-12(10-13)15(18)17-9-8-11-4-1-2-7-14(11)17/h1-7,10H,8-9,16H2. The van der Waals surface area contributed by atoms with E-state index in [1.54, 1.807) is 18.2 Å². The lowest BCUT2D eigenvalue weighted by Gasteiger charge is -2.17. The second-order valence-corrected chi connectivity index (χ2v) is 4.46. The van der Waals surface area contributed by atoms with Crippen LogP contribution in [0.1, 0.15) is 15.9 Å². The van der Waals surface area contributed by atoms with Gasteiger partial charge in [-0.15, -0.1) is 0 Å². The number of hydrogen-bond acceptors (Lipinski definition) is 2. The van der Waals surface area contributed by atoms with E-state index in [9.17, 15) is 4.79 Å². The van der Waals surface area contributed by atoms with Gasteiger partial charge < -0.3 is 10.6 Å². The number of hydrogen-bond donors (Lipinski definition) is 1. The summed E-state index contributed by atoms with van der Waals surface area (Å²) in [5, 5.41) is 0. The Kier molecular flexibility index (Phi) is 2.52. The fourth-order valence-corrected chi connectivity index (χ4v) is 2.38. The van der Waals surface area contributed by atoms with E-state index in [2.05, 4.69) is 6.07 Å². The van der Waals surface area contributed by atoms with Crippen molar-refractivity contribution in [3.05, 3.63) is 59.7 Å². The second-order valence-electron chi connectivity index (χ2n) is 4.46. The first-order valence-electron chi connectivity index (χ1n) is 6.01. The molecule has 1 heterocycles. The van der Waals surface area contributed by atoms with E-state index in [4.69, 9.17) is 5.73 Å². The molecule has 0 aromatic heterocycles. The Morgan fingerprint density at radius 3 is 2.78 bits per heavy atom. The number of carbonyl (C=O) groups is 1. The third-order valence-electron chi connectivity index (χ3n) is 3.27. The molecule has 1 amide bonds. The number of fused-ring (bicyclic) bond motifs is 1. The number of benzene rings is 2. The monoisotopic (exact) mass is 238 g/mol. The number of anilines is 2. The molecule has 0 saturated heterocycles. The van der Waals surface area contributed by atoms with Crippen LogP contribution in [0.2, 0.25) is 0 Å². The Bertz CT molecular complexity index is 607. The summed E-state index contributed by atoms with van der Waals surface area (Å²) < 4.78 is 0. The summed E-state index contributed by atoms with van der Waals surface area (Å²) >= 11 is 0. The van der Waals surface area contributed by atoms with Gasteiger partial charge >= 0.3 is 0 Å². The van der Waals surface area contributed by atoms with Crippen LogP contribution >= 0.6 is 0 Å². The second kappa shape index (κ2) is 4.18. The summed E-state index contributed by atoms with van der Waals surface area (Å²) in [6.45, 7) is 0.743. The third-order valence-corrected chi connectivity index (χ3v) is 3.27. The SMILES string of the molecule is Nc1cccc(C(=O)N2CCc3ccccc32)c1. The maximum Gasteiger partial charge on any atom is 0.258 e. The molecule has 90 valence electrons. The Labute approximate surface area is 106 Å². The van der Waals surface area contributed by atoms with Gasteiger partial charge in [-0.05, 0) is 36.2 Å². The van der Waals surface area contributed by atoms with Crippen molar-refractivity contribution in [1.29, 1.82) is 0 Å². The molecule has 0 atom stereocenters. The van der Waals surface area contributed by atoms with E-state index in [0.29, 0.717) is 11.3 Å². The van der Waals surface area contributed by atoms with Crippen molar-refractivity contribution in [3.8, 4) is 0 Å². The number of nitrogen functional groups attached to an aromatic ring is 1. The average molecular weight is 238 g/mol. The molecule has 0 radical (unpaired) electrons. The van der Waals surface area contributed by atoms with Gasteiger partial charge in [0.15, 0.2) is 0 Å². The molecule has 3 rings (SSSR count). The molecule has 0 bridgehead atoms. The van der Waals surface area contributed by atoms with E-state index < -0.39 is 0 Å². The minimum absolute atomic E-state index is 0.0206. The van der Waals surface area contributed by atoms with Gasteiger partial charge in [0.1, 0.15) is 0 Å². The number of nitrogens with two attached hydrogens (primary N) is 1. The number of nitrogens with zero attached hydrogens (tertiary/aromatic N) is 1. The lowest BCUT2D eigenvalue weighted by molar-refractivity contribution is 0.0989. The molecule has 2 aromatic carbocycles. The summed E-state index contributed by atoms with van der Waals surface area (Å²) in [6, 6.07) is 15.2. The Hall–Kier alpha value is -2.29. The van der Waals surface area contributed by atoms with E-state index >= 15 is 0 Å². The minimum Gasteiger partial charge on any atom is -0.399 e. The van der Waals surface area contributed by atoms with Crippen LogP contribution in [0.5, 0.6) is 0 Å². The van der Waals surface area contributed by atoms with E-state index in [0.717, 1.165) is 18.7 Å². The molecule has 1 aliphatic rings. The zero-order valence-electron chi connectivity index (χ0n) is 9.97. The number of rotatable bonds is 1. The topological polar surface area (TPSA) is 46.3 Å². The highest BCUT2D eigenvalue weighted by Crippen LogP contribution is 2.28. The summed E-state index contributed by atoms with van der Waals surface area (Å²) in [6.07, 6.45) is 0.921. The quantitative estimate of drug-likeness (QED) is 0.776. The van der Waals surface area contributed by atoms with Gasteiger partial charge in [0.25, 0.3) is 5.91 Å². The van der Waals surface area contributed by atoms with Crippen LogP contribution in [0.25, 0.3) is 0 Å². The maximum atomic E-state index is 12.4. The first-order valence-corrected chi connectivity index (χ1v) is 6.01. The fraction of sp³-hybridized carbons (Fsp3) is 0.133. The summed E-state index contributed by atoms with van der Waals surface area (Å²) in [5.41, 5.74) is 9.23. The molecule has 18 heavy (non-hydrogen) atoms. The zero-order chi connectivity index (χ0) is 12.5. The van der Waals surface area contributed by atoms with Gasteiger partial charge in [-0.3, -0.25) is 4.79 Å². The number of carbonyl (C=O) groups excluding carboxylic acids is 1. The lowest BCUT2D eigenvalue weighted by Crippen LogP contribution is -2.28. The Balaban J connectivity index is 1.96. The molecule has 3 nitrogen and oxygen atoms in total. The first-order chi connectivity index (χ1) is 8.75. The predicted molar refractivity (Wildman–Crippen MR) is 72.7 cm³/mol. The molecular weight excluding hydrogens is 224 g/mol. The zero-order valence-corrected chi connectivity index (χ0v) is 9.97. The van der Waals surface area contributed by atoms with Crippen LogP contribution in [0.4, 0.5) is 11.4 Å². The van der Waals surface area contributed by atoms with Crippen LogP contribution in [0.15, 0.2) is 48.5 Å². The normalized spacial score (nSPS) is 13.4. The third kappa shape index (κ3) is 1.74. The molecule has 0 spiro atoms. The van der Waals surface area contributed by atoms with Gasteiger partial charge in [0.2, 0.25) is 0 Å². The Morgan fingerprint density at radius 2 is 1.94 bits per heavy atom. The van der Waals surface area contributed by atoms with Crippen LogP contribution in [0.3, 0.4) is 0 Å². The summed E-state index contributed by atoms with van der Waals surface area (Å²) in [4.78, 5) is 14.3. The smallest absolute Gasteiger partial charge is 0.258 e. The molecule has 3 heteroatoms. The molecule has 0 unspecified atom stereocenters. The van der Waals surface area contributed by atoms with Gasteiger partial charge in [0.05, 0.1) is 0 Å². The highest BCUT2D eigenvalue weighted by molar-refractivity contribution is 6.07. The van der Waals surface area contributed by atoms with Crippen LogP contribution < -0.4 is 10.6 Å². The summed E-state index contributed by atoms with van der Waals surface area (Å²) in [5.74, 6) is 0.0206. The lowest BCUT2D eigenvalue weighted by atomic mass is 10.1. The number of para-hydroxylation sites is 1. The fourth-order valence-electron chi connectivity index (χ4n) is 2.38. The van der Waals surface area contributed by atoms with Crippen LogP contribution in [-0.4, -0.2) is 12.5 Å². The molecule has 0 aliphatic carbocycles. The van der Waals surface area contributed by atoms with Crippen molar-refractivity contribution >= 4 is 17.3 Å². The highest BCUT2D eigenvalue weighted by atomic mass is 16.2. The molecule has 0 saturated carbocycles. The van der Waals surface area contributed by atoms with E-state index in [1.165, 1.54) is 5.56 Å². The van der Waals surface area contributed by atoms with Crippen molar-refractivity contribution in [1.82, 2.24) is 0 Å². The summed E-state index contributed by atoms with van der Waals surface area (Å²) in [7, 11) is 0. The maximum absolute atomic E-state index is 12.4. The van der Waals surface area contributed by atoms with Gasteiger partial charge in [-0.2, -0.15) is 0 Å². The number of amides is 1.